The summed E-state index contributed by atoms with van der Waals surface area (Å²) >= 11 is 3.64. The Bertz CT molecular complexity index is 588. The molecule has 1 aliphatic carbocycles. The smallest absolute Gasteiger partial charge is 0.239 e. The molecule has 0 aliphatic heterocycles. The standard InChI is InChI=1S/C17H25BrN4O2/c1-19-16(21-11-15(23)20-9-10-24-2)22-12-17(7-8-17)13-5-3-4-6-14(13)18/h3-6H,7-12H2,1-2H3,(H,20,23)(H2,19,21,22). The Morgan fingerprint density at radius 1 is 1.29 bits per heavy atom. The first-order chi connectivity index (χ1) is 11.6. The highest BCUT2D eigenvalue weighted by Gasteiger charge is 2.45. The van der Waals surface area contributed by atoms with Gasteiger partial charge >= 0.3 is 0 Å². The zero-order valence-corrected chi connectivity index (χ0v) is 15.8. The van der Waals surface area contributed by atoms with Gasteiger partial charge < -0.3 is 20.7 Å². The van der Waals surface area contributed by atoms with Crippen molar-refractivity contribution >= 4 is 27.8 Å². The summed E-state index contributed by atoms with van der Waals surface area (Å²) in [5.74, 6) is 0.553. The van der Waals surface area contributed by atoms with Crippen LogP contribution in [0.1, 0.15) is 18.4 Å². The first kappa shape index (κ1) is 18.7. The van der Waals surface area contributed by atoms with E-state index in [1.54, 1.807) is 14.2 Å². The van der Waals surface area contributed by atoms with Crippen molar-refractivity contribution in [3.05, 3.63) is 34.3 Å². The number of nitrogens with one attached hydrogen (secondary N) is 3. The Labute approximate surface area is 151 Å². The Kier molecular flexibility index (Phi) is 7.05. The summed E-state index contributed by atoms with van der Waals surface area (Å²) in [5, 5.41) is 9.14. The minimum Gasteiger partial charge on any atom is -0.383 e. The summed E-state index contributed by atoms with van der Waals surface area (Å²) in [4.78, 5) is 15.9. The van der Waals surface area contributed by atoms with E-state index in [4.69, 9.17) is 4.74 Å². The summed E-state index contributed by atoms with van der Waals surface area (Å²) in [6.45, 7) is 1.99. The number of halogens is 1. The number of methoxy groups -OCH3 is 1. The third-order valence-corrected chi connectivity index (χ3v) is 4.85. The molecule has 0 atom stereocenters. The molecule has 1 aromatic rings. The molecule has 0 unspecified atom stereocenters. The van der Waals surface area contributed by atoms with E-state index in [-0.39, 0.29) is 17.9 Å². The maximum Gasteiger partial charge on any atom is 0.239 e. The molecule has 6 nitrogen and oxygen atoms in total. The second-order valence-corrected chi connectivity index (χ2v) is 6.74. The van der Waals surface area contributed by atoms with Crippen molar-refractivity contribution in [1.29, 1.82) is 0 Å². The Hall–Kier alpha value is -1.60. The molecule has 0 saturated heterocycles. The summed E-state index contributed by atoms with van der Waals surface area (Å²) in [6, 6.07) is 8.34. The lowest BCUT2D eigenvalue weighted by Crippen LogP contribution is -2.45. The zero-order chi connectivity index (χ0) is 17.4. The van der Waals surface area contributed by atoms with Crippen LogP contribution in [0.3, 0.4) is 0 Å². The average Bonchev–Trinajstić information content (AvgIpc) is 3.36. The number of benzene rings is 1. The van der Waals surface area contributed by atoms with Gasteiger partial charge in [-0.2, -0.15) is 0 Å². The normalized spacial score (nSPS) is 15.7. The number of ether oxygens (including phenoxy) is 1. The van der Waals surface area contributed by atoms with Gasteiger partial charge in [0, 0.05) is 37.1 Å². The Morgan fingerprint density at radius 3 is 2.67 bits per heavy atom. The van der Waals surface area contributed by atoms with Crippen LogP contribution in [-0.2, 0) is 14.9 Å². The lowest BCUT2D eigenvalue weighted by molar-refractivity contribution is -0.120. The number of hydrogen-bond acceptors (Lipinski definition) is 3. The van der Waals surface area contributed by atoms with E-state index < -0.39 is 0 Å². The van der Waals surface area contributed by atoms with Gasteiger partial charge in [0.25, 0.3) is 0 Å². The fourth-order valence-electron chi connectivity index (χ4n) is 2.58. The van der Waals surface area contributed by atoms with E-state index in [0.29, 0.717) is 19.1 Å². The Balaban J connectivity index is 1.80. The first-order valence-corrected chi connectivity index (χ1v) is 8.86. The number of rotatable bonds is 8. The third-order valence-electron chi connectivity index (χ3n) is 4.16. The van der Waals surface area contributed by atoms with E-state index >= 15 is 0 Å². The molecule has 24 heavy (non-hydrogen) atoms. The number of carbonyl (C=O) groups excluding carboxylic acids is 1. The van der Waals surface area contributed by atoms with Crippen LogP contribution < -0.4 is 16.0 Å². The van der Waals surface area contributed by atoms with E-state index in [1.165, 1.54) is 5.56 Å². The maximum atomic E-state index is 11.7. The molecule has 1 amide bonds. The largest absolute Gasteiger partial charge is 0.383 e. The molecule has 0 bridgehead atoms. The number of nitrogens with zero attached hydrogens (tertiary/aromatic N) is 1. The summed E-state index contributed by atoms with van der Waals surface area (Å²) < 4.78 is 6.04. The topological polar surface area (TPSA) is 74.8 Å². The molecule has 7 heteroatoms. The molecular weight excluding hydrogens is 372 g/mol. The van der Waals surface area contributed by atoms with E-state index in [1.807, 2.05) is 6.07 Å². The predicted octanol–water partition coefficient (Wildman–Crippen LogP) is 1.41. The maximum absolute atomic E-state index is 11.7. The van der Waals surface area contributed by atoms with Gasteiger partial charge in [-0.1, -0.05) is 34.1 Å². The van der Waals surface area contributed by atoms with Crippen molar-refractivity contribution in [2.24, 2.45) is 4.99 Å². The fraction of sp³-hybridized carbons (Fsp3) is 0.529. The number of aliphatic imine (C=N–C) groups is 1. The molecule has 0 spiro atoms. The van der Waals surface area contributed by atoms with Crippen molar-refractivity contribution in [1.82, 2.24) is 16.0 Å². The molecule has 1 fully saturated rings. The quantitative estimate of drug-likeness (QED) is 0.352. The molecule has 1 aliphatic rings. The van der Waals surface area contributed by atoms with Crippen LogP contribution in [-0.4, -0.2) is 52.3 Å². The van der Waals surface area contributed by atoms with Gasteiger partial charge in [0.15, 0.2) is 5.96 Å². The van der Waals surface area contributed by atoms with Crippen LogP contribution in [0, 0.1) is 0 Å². The van der Waals surface area contributed by atoms with E-state index in [9.17, 15) is 4.79 Å². The molecule has 1 saturated carbocycles. The predicted molar refractivity (Wildman–Crippen MR) is 99.3 cm³/mol. The average molecular weight is 397 g/mol. The second kappa shape index (κ2) is 9.03. The van der Waals surface area contributed by atoms with Crippen LogP contribution in [0.25, 0.3) is 0 Å². The van der Waals surface area contributed by atoms with E-state index in [2.05, 4.69) is 55.1 Å². The van der Waals surface area contributed by atoms with Crippen LogP contribution in [0.5, 0.6) is 0 Å². The van der Waals surface area contributed by atoms with Gasteiger partial charge in [-0.25, -0.2) is 0 Å². The first-order valence-electron chi connectivity index (χ1n) is 8.06. The summed E-state index contributed by atoms with van der Waals surface area (Å²) in [7, 11) is 3.31. The molecule has 132 valence electrons. The van der Waals surface area contributed by atoms with Crippen LogP contribution in [0.4, 0.5) is 0 Å². The van der Waals surface area contributed by atoms with Gasteiger partial charge in [0.1, 0.15) is 0 Å². The van der Waals surface area contributed by atoms with Crippen LogP contribution >= 0.6 is 15.9 Å². The summed E-state index contributed by atoms with van der Waals surface area (Å²) in [6.07, 6.45) is 2.30. The highest BCUT2D eigenvalue weighted by atomic mass is 79.9. The van der Waals surface area contributed by atoms with Gasteiger partial charge in [-0.3, -0.25) is 9.79 Å². The van der Waals surface area contributed by atoms with Crippen molar-refractivity contribution < 1.29 is 9.53 Å². The highest BCUT2D eigenvalue weighted by Crippen LogP contribution is 2.49. The molecule has 1 aromatic carbocycles. The Morgan fingerprint density at radius 2 is 2.04 bits per heavy atom. The van der Waals surface area contributed by atoms with Crippen LogP contribution in [0.2, 0.25) is 0 Å². The number of amides is 1. The molecule has 0 radical (unpaired) electrons. The monoisotopic (exact) mass is 396 g/mol. The third kappa shape index (κ3) is 5.21. The van der Waals surface area contributed by atoms with Crippen molar-refractivity contribution in [2.75, 3.05) is 40.4 Å². The lowest BCUT2D eigenvalue weighted by atomic mass is 9.96. The lowest BCUT2D eigenvalue weighted by Gasteiger charge is -2.20. The van der Waals surface area contributed by atoms with Gasteiger partial charge in [0.2, 0.25) is 5.91 Å². The van der Waals surface area contributed by atoms with Crippen molar-refractivity contribution in [3.63, 3.8) is 0 Å². The molecule has 3 N–H and O–H groups in total. The molecular formula is C17H25BrN4O2. The zero-order valence-electron chi connectivity index (χ0n) is 14.2. The van der Waals surface area contributed by atoms with Gasteiger partial charge in [-0.15, -0.1) is 0 Å². The van der Waals surface area contributed by atoms with Gasteiger partial charge in [-0.05, 0) is 24.5 Å². The van der Waals surface area contributed by atoms with Crippen molar-refractivity contribution in [2.45, 2.75) is 18.3 Å². The second-order valence-electron chi connectivity index (χ2n) is 5.88. The molecule has 0 heterocycles. The SMILES string of the molecule is CN=C(NCC(=O)NCCOC)NCC1(c2ccccc2Br)CC1. The summed E-state index contributed by atoms with van der Waals surface area (Å²) in [5.41, 5.74) is 1.48. The number of guanidine groups is 1. The van der Waals surface area contributed by atoms with Crippen LogP contribution in [0.15, 0.2) is 33.7 Å². The minimum atomic E-state index is -0.0815. The number of carbonyl (C=O) groups is 1. The molecule has 0 aromatic heterocycles. The number of hydrogen-bond donors (Lipinski definition) is 3. The van der Waals surface area contributed by atoms with Gasteiger partial charge in [0.05, 0.1) is 13.2 Å². The van der Waals surface area contributed by atoms with E-state index in [0.717, 1.165) is 23.9 Å². The minimum absolute atomic E-state index is 0.0815. The molecule has 2 rings (SSSR count). The van der Waals surface area contributed by atoms with Crippen molar-refractivity contribution in [3.8, 4) is 0 Å². The fourth-order valence-corrected chi connectivity index (χ4v) is 3.28. The highest BCUT2D eigenvalue weighted by molar-refractivity contribution is 9.10.